The van der Waals surface area contributed by atoms with E-state index in [0.717, 1.165) is 16.7 Å². The Morgan fingerprint density at radius 1 is 1.11 bits per heavy atom. The lowest BCUT2D eigenvalue weighted by molar-refractivity contribution is -0.151. The minimum Gasteiger partial charge on any atom is -0.480 e. The number of hydrogen-bond acceptors (Lipinski definition) is 4. The number of carboxylic acids is 1. The van der Waals surface area contributed by atoms with Gasteiger partial charge in [0.1, 0.15) is 11.8 Å². The maximum atomic E-state index is 13.0. The molecule has 4 rings (SSSR count). The van der Waals surface area contributed by atoms with Crippen molar-refractivity contribution in [3.63, 3.8) is 0 Å². The van der Waals surface area contributed by atoms with Crippen LogP contribution in [0.1, 0.15) is 22.6 Å². The Morgan fingerprint density at radius 3 is 2.50 bits per heavy atom. The van der Waals surface area contributed by atoms with Gasteiger partial charge in [-0.05, 0) is 30.2 Å². The summed E-state index contributed by atoms with van der Waals surface area (Å²) >= 11 is 0. The lowest BCUT2D eigenvalue weighted by atomic mass is 9.93. The van der Waals surface area contributed by atoms with Crippen LogP contribution in [0.15, 0.2) is 59.0 Å². The predicted molar refractivity (Wildman–Crippen MR) is 102 cm³/mol. The van der Waals surface area contributed by atoms with Crippen LogP contribution in [-0.4, -0.2) is 32.9 Å². The molecular weight excluding hydrogens is 356 g/mol. The fourth-order valence-electron chi connectivity index (χ4n) is 3.55. The lowest BCUT2D eigenvalue weighted by Crippen LogP contribution is -2.49. The molecule has 142 valence electrons. The van der Waals surface area contributed by atoms with Crippen molar-refractivity contribution < 1.29 is 19.1 Å². The van der Waals surface area contributed by atoms with Crippen molar-refractivity contribution in [1.29, 1.82) is 0 Å². The Kier molecular flexibility index (Phi) is 4.69. The summed E-state index contributed by atoms with van der Waals surface area (Å²) in [5, 5.41) is 9.63. The average molecular weight is 376 g/mol. The molecule has 1 N–H and O–H groups in total. The van der Waals surface area contributed by atoms with Gasteiger partial charge >= 0.3 is 5.97 Å². The van der Waals surface area contributed by atoms with Crippen LogP contribution in [0.3, 0.4) is 0 Å². The van der Waals surface area contributed by atoms with Crippen LogP contribution in [0, 0.1) is 6.92 Å². The zero-order valence-corrected chi connectivity index (χ0v) is 15.5. The maximum Gasteiger partial charge on any atom is 0.326 e. The number of amides is 1. The minimum atomic E-state index is -0.996. The van der Waals surface area contributed by atoms with Crippen LogP contribution in [0.4, 0.5) is 0 Å². The van der Waals surface area contributed by atoms with Crippen molar-refractivity contribution in [2.45, 2.75) is 32.4 Å². The van der Waals surface area contributed by atoms with Crippen LogP contribution < -0.4 is 0 Å². The summed E-state index contributed by atoms with van der Waals surface area (Å²) in [6, 6.07) is 16.2. The van der Waals surface area contributed by atoms with Crippen molar-refractivity contribution in [2.24, 2.45) is 0 Å². The molecule has 6 heteroatoms. The molecule has 0 aliphatic carbocycles. The fourth-order valence-corrected chi connectivity index (χ4v) is 3.55. The second kappa shape index (κ2) is 7.31. The van der Waals surface area contributed by atoms with Crippen LogP contribution in [0.5, 0.6) is 0 Å². The van der Waals surface area contributed by atoms with Crippen molar-refractivity contribution in [2.75, 3.05) is 0 Å². The first-order valence-electron chi connectivity index (χ1n) is 9.13. The van der Waals surface area contributed by atoms with E-state index in [9.17, 15) is 14.7 Å². The number of fused-ring (bicyclic) bond motifs is 1. The molecule has 0 bridgehead atoms. The molecule has 1 amide bonds. The molecule has 1 aliphatic heterocycles. The SMILES string of the molecule is Cc1oc(-c2ccccc2)nc1CC(=O)N1Cc2ccccc2CC1C(=O)O. The second-order valence-corrected chi connectivity index (χ2v) is 6.91. The number of aliphatic carboxylic acids is 1. The first-order chi connectivity index (χ1) is 13.5. The molecule has 28 heavy (non-hydrogen) atoms. The Labute approximate surface area is 162 Å². The quantitative estimate of drug-likeness (QED) is 0.756. The summed E-state index contributed by atoms with van der Waals surface area (Å²) in [6.45, 7) is 2.05. The Hall–Kier alpha value is -3.41. The van der Waals surface area contributed by atoms with Crippen LogP contribution in [0.25, 0.3) is 11.5 Å². The Bertz CT molecular complexity index is 1030. The number of oxazole rings is 1. The zero-order chi connectivity index (χ0) is 19.7. The molecule has 0 saturated carbocycles. The first-order valence-corrected chi connectivity index (χ1v) is 9.13. The van der Waals surface area contributed by atoms with E-state index in [-0.39, 0.29) is 18.9 Å². The summed E-state index contributed by atoms with van der Waals surface area (Å²) in [5.41, 5.74) is 3.32. The second-order valence-electron chi connectivity index (χ2n) is 6.91. The van der Waals surface area contributed by atoms with E-state index in [0.29, 0.717) is 23.8 Å². The standard InChI is InChI=1S/C22H20N2O4/c1-14-18(23-21(28-14)15-7-3-2-4-8-15)12-20(25)24-13-17-10-6-5-9-16(17)11-19(24)22(26)27/h2-10,19H,11-13H2,1H3,(H,26,27). The van der Waals surface area contributed by atoms with E-state index in [1.165, 1.54) is 4.90 Å². The number of aromatic nitrogens is 1. The third-order valence-electron chi connectivity index (χ3n) is 5.09. The Balaban J connectivity index is 1.58. The molecule has 3 aromatic rings. The van der Waals surface area contributed by atoms with Gasteiger partial charge in [0.2, 0.25) is 11.8 Å². The van der Waals surface area contributed by atoms with Crippen molar-refractivity contribution in [3.05, 3.63) is 77.2 Å². The van der Waals surface area contributed by atoms with Gasteiger partial charge in [0.15, 0.2) is 0 Å². The molecule has 2 heterocycles. The molecule has 6 nitrogen and oxygen atoms in total. The number of carbonyl (C=O) groups excluding carboxylic acids is 1. The minimum absolute atomic E-state index is 0.00805. The molecule has 1 unspecified atom stereocenters. The van der Waals surface area contributed by atoms with E-state index >= 15 is 0 Å². The predicted octanol–water partition coefficient (Wildman–Crippen LogP) is 3.23. The van der Waals surface area contributed by atoms with Crippen molar-refractivity contribution in [3.8, 4) is 11.5 Å². The smallest absolute Gasteiger partial charge is 0.326 e. The summed E-state index contributed by atoms with van der Waals surface area (Å²) in [4.78, 5) is 30.6. The maximum absolute atomic E-state index is 13.0. The molecule has 0 radical (unpaired) electrons. The highest BCUT2D eigenvalue weighted by Gasteiger charge is 2.34. The van der Waals surface area contributed by atoms with E-state index in [1.807, 2.05) is 54.6 Å². The van der Waals surface area contributed by atoms with Crippen molar-refractivity contribution in [1.82, 2.24) is 9.88 Å². The summed E-state index contributed by atoms with van der Waals surface area (Å²) in [5.74, 6) is -0.237. The third-order valence-corrected chi connectivity index (χ3v) is 5.09. The molecule has 0 saturated heterocycles. The number of carboxylic acid groups (broad SMARTS) is 1. The van der Waals surface area contributed by atoms with Gasteiger partial charge in [0.25, 0.3) is 0 Å². The topological polar surface area (TPSA) is 83.6 Å². The highest BCUT2D eigenvalue weighted by Crippen LogP contribution is 2.26. The van der Waals surface area contributed by atoms with E-state index in [4.69, 9.17) is 4.42 Å². The van der Waals surface area contributed by atoms with Crippen LogP contribution >= 0.6 is 0 Å². The molecular formula is C22H20N2O4. The molecule has 1 aromatic heterocycles. The fraction of sp³-hybridized carbons (Fsp3) is 0.227. The first kappa shape index (κ1) is 18.0. The molecule has 0 fully saturated rings. The van der Waals surface area contributed by atoms with Gasteiger partial charge in [-0.25, -0.2) is 9.78 Å². The zero-order valence-electron chi connectivity index (χ0n) is 15.5. The number of aryl methyl sites for hydroxylation is 1. The van der Waals surface area contributed by atoms with Gasteiger partial charge in [-0.1, -0.05) is 42.5 Å². The molecule has 0 spiro atoms. The van der Waals surface area contributed by atoms with Gasteiger partial charge in [-0.3, -0.25) is 4.79 Å². The average Bonchev–Trinajstić information content (AvgIpc) is 3.08. The summed E-state index contributed by atoms with van der Waals surface area (Å²) in [6.07, 6.45) is 0.318. The largest absolute Gasteiger partial charge is 0.480 e. The number of benzene rings is 2. The molecule has 1 aliphatic rings. The van der Waals surface area contributed by atoms with Crippen molar-refractivity contribution >= 4 is 11.9 Å². The van der Waals surface area contributed by atoms with Crippen LogP contribution in [0.2, 0.25) is 0 Å². The summed E-state index contributed by atoms with van der Waals surface area (Å²) in [7, 11) is 0. The number of rotatable bonds is 4. The van der Waals surface area contributed by atoms with Gasteiger partial charge in [0, 0.05) is 18.5 Å². The lowest BCUT2D eigenvalue weighted by Gasteiger charge is -2.34. The van der Waals surface area contributed by atoms with Gasteiger partial charge in [-0.2, -0.15) is 0 Å². The van der Waals surface area contributed by atoms with E-state index in [2.05, 4.69) is 4.98 Å². The number of nitrogens with zero attached hydrogens (tertiary/aromatic N) is 2. The Morgan fingerprint density at radius 2 is 1.79 bits per heavy atom. The molecule has 1 atom stereocenters. The highest BCUT2D eigenvalue weighted by atomic mass is 16.4. The number of carbonyl (C=O) groups is 2. The van der Waals surface area contributed by atoms with Gasteiger partial charge in [-0.15, -0.1) is 0 Å². The van der Waals surface area contributed by atoms with E-state index in [1.54, 1.807) is 6.92 Å². The third kappa shape index (κ3) is 3.41. The van der Waals surface area contributed by atoms with E-state index < -0.39 is 12.0 Å². The van der Waals surface area contributed by atoms with Crippen LogP contribution in [-0.2, 0) is 29.0 Å². The highest BCUT2D eigenvalue weighted by molar-refractivity contribution is 5.85. The number of hydrogen-bond donors (Lipinski definition) is 1. The van der Waals surface area contributed by atoms with Gasteiger partial charge < -0.3 is 14.4 Å². The monoisotopic (exact) mass is 376 g/mol. The normalized spacial score (nSPS) is 15.9. The van der Waals surface area contributed by atoms with Gasteiger partial charge in [0.05, 0.1) is 12.1 Å². The molecule has 2 aromatic carbocycles. The summed E-state index contributed by atoms with van der Waals surface area (Å²) < 4.78 is 5.72.